The fourth-order valence-corrected chi connectivity index (χ4v) is 4.85. The fraction of sp³-hybridized carbons (Fsp3) is 0.432. The highest BCUT2D eigenvalue weighted by Crippen LogP contribution is 2.34. The molecule has 0 atom stereocenters. The summed E-state index contributed by atoms with van der Waals surface area (Å²) in [6.45, 7) is 15.3. The van der Waals surface area contributed by atoms with Gasteiger partial charge in [-0.25, -0.2) is 4.79 Å². The van der Waals surface area contributed by atoms with Crippen molar-refractivity contribution < 1.29 is 19.1 Å². The van der Waals surface area contributed by atoms with Gasteiger partial charge >= 0.3 is 6.03 Å². The molecule has 0 aliphatic carbocycles. The van der Waals surface area contributed by atoms with Crippen molar-refractivity contribution in [3.63, 3.8) is 0 Å². The van der Waals surface area contributed by atoms with Crippen molar-refractivity contribution in [1.29, 1.82) is 0 Å². The molecule has 0 saturated carbocycles. The number of hydrogen-bond acceptors (Lipinski definition) is 5. The predicted octanol–water partition coefficient (Wildman–Crippen LogP) is 9.03. The standard InChI is InChI=1S/C33H41N3O3.C4H10O/c1-8-9-18-29(37)32(36-33(38)35-31-26(21(2)3)15-11-16-27(31)22(4)5)30(28-17-12-19-34-23(28)6)24-13-10-14-25(20-24)39-7;1-3-4-5-2/h10-17,19-22H,8-9,18H2,1-7H3,(H2,35,36,38);3-4H2,1-2H3/b32-30+;. The molecule has 7 heteroatoms. The Morgan fingerprint density at radius 3 is 2.07 bits per heavy atom. The fourth-order valence-electron chi connectivity index (χ4n) is 4.85. The summed E-state index contributed by atoms with van der Waals surface area (Å²) >= 11 is 0. The monoisotopic (exact) mass is 601 g/mol. The highest BCUT2D eigenvalue weighted by atomic mass is 16.5. The minimum absolute atomic E-state index is 0.130. The lowest BCUT2D eigenvalue weighted by Gasteiger charge is -2.22. The number of Topliss-reactive ketones (excluding diaryl/α,β-unsaturated/α-hetero) is 1. The number of ether oxygens (including phenoxy) is 2. The summed E-state index contributed by atoms with van der Waals surface area (Å²) in [6.07, 6.45) is 4.74. The number of carbonyl (C=O) groups is 2. The number of para-hydroxylation sites is 1. The number of aromatic nitrogens is 1. The molecule has 0 unspecified atom stereocenters. The molecule has 7 nitrogen and oxygen atoms in total. The van der Waals surface area contributed by atoms with Crippen LogP contribution < -0.4 is 15.4 Å². The molecule has 0 spiro atoms. The number of unbranched alkanes of at least 4 members (excludes halogenated alkanes) is 1. The van der Waals surface area contributed by atoms with Gasteiger partial charge in [0.25, 0.3) is 0 Å². The number of pyridine rings is 1. The Hall–Kier alpha value is -3.97. The zero-order valence-corrected chi connectivity index (χ0v) is 28.0. The van der Waals surface area contributed by atoms with E-state index in [1.54, 1.807) is 20.4 Å². The predicted molar refractivity (Wildman–Crippen MR) is 181 cm³/mol. The molecule has 3 rings (SSSR count). The van der Waals surface area contributed by atoms with Crippen LogP contribution in [-0.4, -0.2) is 37.6 Å². The lowest BCUT2D eigenvalue weighted by molar-refractivity contribution is -0.115. The third-order valence-corrected chi connectivity index (χ3v) is 7.18. The SMILES string of the molecule is CCCCC(=O)/C(NC(=O)Nc1c(C(C)C)cccc1C(C)C)=C(/c1cccc(OC)c1)c1cccnc1C.CCCOC. The molecule has 238 valence electrons. The van der Waals surface area contributed by atoms with Crippen molar-refractivity contribution >= 4 is 23.1 Å². The average molecular weight is 602 g/mol. The average Bonchev–Trinajstić information content (AvgIpc) is 3.01. The van der Waals surface area contributed by atoms with Gasteiger partial charge in [-0.2, -0.15) is 0 Å². The minimum Gasteiger partial charge on any atom is -0.497 e. The van der Waals surface area contributed by atoms with E-state index < -0.39 is 6.03 Å². The van der Waals surface area contributed by atoms with Gasteiger partial charge < -0.3 is 20.1 Å². The van der Waals surface area contributed by atoms with Gasteiger partial charge in [-0.1, -0.05) is 84.4 Å². The van der Waals surface area contributed by atoms with Gasteiger partial charge in [0.1, 0.15) is 5.75 Å². The minimum atomic E-state index is -0.452. The van der Waals surface area contributed by atoms with Crippen molar-refractivity contribution in [3.8, 4) is 5.75 Å². The Morgan fingerprint density at radius 1 is 0.886 bits per heavy atom. The smallest absolute Gasteiger partial charge is 0.323 e. The summed E-state index contributed by atoms with van der Waals surface area (Å²) in [5.41, 5.74) is 6.06. The van der Waals surface area contributed by atoms with Crippen LogP contribution in [0.3, 0.4) is 0 Å². The van der Waals surface area contributed by atoms with E-state index in [4.69, 9.17) is 9.47 Å². The molecule has 0 aliphatic heterocycles. The second-order valence-electron chi connectivity index (χ2n) is 11.3. The number of benzene rings is 2. The Balaban J connectivity index is 0.00000125. The van der Waals surface area contributed by atoms with Gasteiger partial charge in [0.05, 0.1) is 12.8 Å². The first-order chi connectivity index (χ1) is 21.1. The Kier molecular flexibility index (Phi) is 15.3. The van der Waals surface area contributed by atoms with Crippen LogP contribution in [0.1, 0.15) is 107 Å². The van der Waals surface area contributed by atoms with Crippen molar-refractivity contribution in [2.45, 2.75) is 86.0 Å². The van der Waals surface area contributed by atoms with Gasteiger partial charge in [0.15, 0.2) is 5.78 Å². The number of hydrogen-bond donors (Lipinski definition) is 2. The van der Waals surface area contributed by atoms with Crippen molar-refractivity contribution in [2.75, 3.05) is 26.1 Å². The first-order valence-corrected chi connectivity index (χ1v) is 15.6. The van der Waals surface area contributed by atoms with Crippen LogP contribution >= 0.6 is 0 Å². The molecule has 2 N–H and O–H groups in total. The number of rotatable bonds is 13. The number of methoxy groups -OCH3 is 2. The van der Waals surface area contributed by atoms with Crippen LogP contribution in [0.15, 0.2) is 66.5 Å². The Morgan fingerprint density at radius 2 is 1.55 bits per heavy atom. The summed E-state index contributed by atoms with van der Waals surface area (Å²) in [4.78, 5) is 31.9. The van der Waals surface area contributed by atoms with Gasteiger partial charge in [-0.05, 0) is 66.5 Å². The van der Waals surface area contributed by atoms with Crippen LogP contribution in [0, 0.1) is 6.92 Å². The van der Waals surface area contributed by atoms with Crippen LogP contribution in [0.4, 0.5) is 10.5 Å². The Labute approximate surface area is 264 Å². The van der Waals surface area contributed by atoms with Gasteiger partial charge in [-0.15, -0.1) is 0 Å². The van der Waals surface area contributed by atoms with E-state index in [-0.39, 0.29) is 23.3 Å². The number of allylic oxidation sites excluding steroid dienone is 1. The highest BCUT2D eigenvalue weighted by Gasteiger charge is 2.24. The van der Waals surface area contributed by atoms with E-state index in [0.29, 0.717) is 17.7 Å². The van der Waals surface area contributed by atoms with Crippen LogP contribution in [0.5, 0.6) is 5.75 Å². The van der Waals surface area contributed by atoms with E-state index in [0.717, 1.165) is 59.5 Å². The van der Waals surface area contributed by atoms with E-state index >= 15 is 0 Å². The van der Waals surface area contributed by atoms with Crippen molar-refractivity contribution in [1.82, 2.24) is 10.3 Å². The quantitative estimate of drug-likeness (QED) is 0.191. The van der Waals surface area contributed by atoms with Crippen molar-refractivity contribution in [3.05, 3.63) is 94.4 Å². The zero-order valence-electron chi connectivity index (χ0n) is 28.0. The zero-order chi connectivity index (χ0) is 32.6. The first-order valence-electron chi connectivity index (χ1n) is 15.6. The van der Waals surface area contributed by atoms with E-state index in [9.17, 15) is 9.59 Å². The Bertz CT molecular complexity index is 1370. The molecule has 0 bridgehead atoms. The number of carbonyl (C=O) groups excluding carboxylic acids is 2. The molecule has 2 aromatic carbocycles. The number of aryl methyl sites for hydroxylation is 1. The topological polar surface area (TPSA) is 89.6 Å². The molecule has 3 aromatic rings. The highest BCUT2D eigenvalue weighted by molar-refractivity contribution is 6.09. The molecule has 2 amide bonds. The van der Waals surface area contributed by atoms with E-state index in [2.05, 4.69) is 50.2 Å². The molecule has 0 saturated heterocycles. The molecule has 1 heterocycles. The number of nitrogens with one attached hydrogen (secondary N) is 2. The molecule has 0 radical (unpaired) electrons. The summed E-state index contributed by atoms with van der Waals surface area (Å²) in [7, 11) is 3.32. The van der Waals surface area contributed by atoms with Gasteiger partial charge in [0, 0.05) is 48.9 Å². The third-order valence-electron chi connectivity index (χ3n) is 7.18. The van der Waals surface area contributed by atoms with Crippen molar-refractivity contribution in [2.24, 2.45) is 0 Å². The number of ketones is 1. The second-order valence-corrected chi connectivity index (χ2v) is 11.3. The van der Waals surface area contributed by atoms with Crippen LogP contribution in [-0.2, 0) is 9.53 Å². The van der Waals surface area contributed by atoms with Crippen LogP contribution in [0.2, 0.25) is 0 Å². The summed E-state index contributed by atoms with van der Waals surface area (Å²) < 4.78 is 10.2. The first kappa shape index (κ1) is 36.2. The molecular weight excluding hydrogens is 550 g/mol. The maximum atomic E-state index is 13.7. The van der Waals surface area contributed by atoms with Gasteiger partial charge in [0.2, 0.25) is 0 Å². The second kappa shape index (κ2) is 18.6. The van der Waals surface area contributed by atoms with E-state index in [1.165, 1.54) is 0 Å². The third kappa shape index (κ3) is 10.3. The maximum absolute atomic E-state index is 13.7. The number of amides is 2. The molecular formula is C37H51N3O4. The number of anilines is 1. The molecule has 44 heavy (non-hydrogen) atoms. The lowest BCUT2D eigenvalue weighted by Crippen LogP contribution is -2.33. The van der Waals surface area contributed by atoms with Gasteiger partial charge in [-0.3, -0.25) is 9.78 Å². The molecule has 1 aromatic heterocycles. The molecule has 0 aliphatic rings. The normalized spacial score (nSPS) is 11.4. The van der Waals surface area contributed by atoms with E-state index in [1.807, 2.05) is 68.4 Å². The number of nitrogens with zero attached hydrogens (tertiary/aromatic N) is 1. The summed E-state index contributed by atoms with van der Waals surface area (Å²) in [5, 5.41) is 6.08. The maximum Gasteiger partial charge on any atom is 0.323 e. The summed E-state index contributed by atoms with van der Waals surface area (Å²) in [5.74, 6) is 0.953. The lowest BCUT2D eigenvalue weighted by atomic mass is 9.92. The largest absolute Gasteiger partial charge is 0.497 e. The number of urea groups is 1. The summed E-state index contributed by atoms with van der Waals surface area (Å²) in [6, 6.07) is 16.9. The molecule has 0 fully saturated rings. The van der Waals surface area contributed by atoms with Crippen LogP contribution in [0.25, 0.3) is 5.57 Å².